The molecule has 0 amide bonds. The number of nitrogens with two attached hydrogens (primary N) is 1. The topological polar surface area (TPSA) is 49.8 Å². The fraction of sp³-hybridized carbons (Fsp3) is 0.417. The van der Waals surface area contributed by atoms with Crippen molar-refractivity contribution in [1.29, 1.82) is 5.26 Å². The third kappa shape index (κ3) is 2.70. The monoisotopic (exact) mass is 252 g/mol. The highest BCUT2D eigenvalue weighted by Gasteiger charge is 2.42. The average Bonchev–Trinajstić information content (AvgIpc) is 3.10. The normalized spacial score (nSPS) is 18.8. The third-order valence-electron chi connectivity index (χ3n) is 2.79. The Hall–Kier alpha value is -0.690. The van der Waals surface area contributed by atoms with Crippen LogP contribution in [0.3, 0.4) is 0 Å². The molecule has 2 nitrogen and oxygen atoms in total. The Bertz CT molecular complexity index is 425. The number of halogens is 1. The van der Waals surface area contributed by atoms with Crippen molar-refractivity contribution in [1.82, 2.24) is 0 Å². The summed E-state index contributed by atoms with van der Waals surface area (Å²) in [5.74, 6) is 1.01. The summed E-state index contributed by atoms with van der Waals surface area (Å²) in [5.41, 5.74) is 5.40. The molecule has 0 aliphatic heterocycles. The van der Waals surface area contributed by atoms with Gasteiger partial charge in [-0.1, -0.05) is 17.7 Å². The van der Waals surface area contributed by atoms with Gasteiger partial charge in [-0.05, 0) is 37.0 Å². The van der Waals surface area contributed by atoms with Crippen LogP contribution in [0, 0.1) is 17.2 Å². The van der Waals surface area contributed by atoms with Crippen LogP contribution >= 0.6 is 23.4 Å². The third-order valence-corrected chi connectivity index (χ3v) is 4.23. The number of thioether (sulfide) groups is 1. The van der Waals surface area contributed by atoms with E-state index in [0.717, 1.165) is 22.8 Å². The number of nitriles is 1. The molecule has 4 heteroatoms. The number of nitrogens with zero attached hydrogens (tertiary/aromatic N) is 1. The quantitative estimate of drug-likeness (QED) is 0.838. The lowest BCUT2D eigenvalue weighted by molar-refractivity contribution is 0.532. The van der Waals surface area contributed by atoms with Crippen molar-refractivity contribution in [3.8, 4) is 6.07 Å². The van der Waals surface area contributed by atoms with Gasteiger partial charge in [-0.2, -0.15) is 5.26 Å². The molecule has 1 aliphatic rings. The molecular weight excluding hydrogens is 240 g/mol. The first kappa shape index (κ1) is 11.8. The molecule has 0 radical (unpaired) electrons. The van der Waals surface area contributed by atoms with Crippen LogP contribution in [-0.2, 0) is 0 Å². The van der Waals surface area contributed by atoms with Crippen molar-refractivity contribution in [3.05, 3.63) is 29.3 Å². The Morgan fingerprint density at radius 3 is 2.88 bits per heavy atom. The second kappa shape index (κ2) is 4.67. The van der Waals surface area contributed by atoms with E-state index in [0.29, 0.717) is 11.7 Å². The lowest BCUT2D eigenvalue weighted by atomic mass is 10.00. The van der Waals surface area contributed by atoms with Crippen molar-refractivity contribution < 1.29 is 0 Å². The molecule has 0 heterocycles. The van der Waals surface area contributed by atoms with Crippen LogP contribution in [0.1, 0.15) is 12.8 Å². The lowest BCUT2D eigenvalue weighted by Crippen LogP contribution is -2.43. The molecule has 1 atom stereocenters. The molecule has 1 saturated carbocycles. The maximum absolute atomic E-state index is 9.11. The molecule has 0 spiro atoms. The predicted octanol–water partition coefficient (Wildman–Crippen LogP) is 3.06. The van der Waals surface area contributed by atoms with E-state index in [1.165, 1.54) is 0 Å². The Kier molecular flexibility index (Phi) is 3.44. The Morgan fingerprint density at radius 1 is 1.56 bits per heavy atom. The predicted molar refractivity (Wildman–Crippen MR) is 67.4 cm³/mol. The molecule has 0 saturated heterocycles. The second-order valence-corrected chi connectivity index (χ2v) is 5.66. The van der Waals surface area contributed by atoms with Crippen LogP contribution in [0.5, 0.6) is 0 Å². The van der Waals surface area contributed by atoms with Gasteiger partial charge in [0.1, 0.15) is 5.54 Å². The summed E-state index contributed by atoms with van der Waals surface area (Å²) in [7, 11) is 0. The van der Waals surface area contributed by atoms with E-state index in [-0.39, 0.29) is 0 Å². The lowest BCUT2D eigenvalue weighted by Gasteiger charge is -2.20. The number of hydrogen-bond acceptors (Lipinski definition) is 3. The Morgan fingerprint density at radius 2 is 2.31 bits per heavy atom. The van der Waals surface area contributed by atoms with Crippen LogP contribution in [0.25, 0.3) is 0 Å². The van der Waals surface area contributed by atoms with E-state index in [1.54, 1.807) is 11.8 Å². The molecule has 0 bridgehead atoms. The minimum atomic E-state index is -0.674. The highest BCUT2D eigenvalue weighted by Crippen LogP contribution is 2.40. The van der Waals surface area contributed by atoms with Gasteiger partial charge in [0.15, 0.2) is 0 Å². The van der Waals surface area contributed by atoms with Gasteiger partial charge >= 0.3 is 0 Å². The van der Waals surface area contributed by atoms with Crippen molar-refractivity contribution in [2.45, 2.75) is 23.3 Å². The maximum atomic E-state index is 9.11. The molecule has 1 aliphatic carbocycles. The van der Waals surface area contributed by atoms with E-state index >= 15 is 0 Å². The highest BCUT2D eigenvalue weighted by molar-refractivity contribution is 7.99. The molecule has 2 N–H and O–H groups in total. The number of hydrogen-bond donors (Lipinski definition) is 1. The van der Waals surface area contributed by atoms with E-state index in [4.69, 9.17) is 22.6 Å². The van der Waals surface area contributed by atoms with E-state index in [1.807, 2.05) is 24.3 Å². The highest BCUT2D eigenvalue weighted by atomic mass is 35.5. The van der Waals surface area contributed by atoms with Gasteiger partial charge in [-0.25, -0.2) is 0 Å². The summed E-state index contributed by atoms with van der Waals surface area (Å²) in [5, 5.41) is 9.83. The van der Waals surface area contributed by atoms with Gasteiger partial charge in [0.2, 0.25) is 0 Å². The van der Waals surface area contributed by atoms with E-state index < -0.39 is 5.54 Å². The van der Waals surface area contributed by atoms with Crippen molar-refractivity contribution in [2.24, 2.45) is 11.7 Å². The van der Waals surface area contributed by atoms with Crippen LogP contribution in [0.4, 0.5) is 0 Å². The fourth-order valence-electron chi connectivity index (χ4n) is 1.60. The largest absolute Gasteiger partial charge is 0.312 e. The molecule has 84 valence electrons. The van der Waals surface area contributed by atoms with Crippen molar-refractivity contribution in [3.63, 3.8) is 0 Å². The average molecular weight is 253 g/mol. The van der Waals surface area contributed by atoms with Crippen LogP contribution in [-0.4, -0.2) is 11.3 Å². The summed E-state index contributed by atoms with van der Waals surface area (Å²) in [4.78, 5) is 1.07. The van der Waals surface area contributed by atoms with Gasteiger partial charge in [0, 0.05) is 15.7 Å². The standard InChI is InChI=1S/C12H13ClN2S/c13-10-2-1-3-11(6-10)16-8-12(15,7-14)9-4-5-9/h1-3,6,9H,4-5,8,15H2. The number of rotatable bonds is 4. The zero-order valence-corrected chi connectivity index (χ0v) is 10.4. The summed E-state index contributed by atoms with van der Waals surface area (Å²) >= 11 is 7.50. The van der Waals surface area contributed by atoms with E-state index in [2.05, 4.69) is 6.07 Å². The molecule has 1 aromatic rings. The fourth-order valence-corrected chi connectivity index (χ4v) is 2.95. The maximum Gasteiger partial charge on any atom is 0.116 e. The van der Waals surface area contributed by atoms with Gasteiger partial charge in [-0.15, -0.1) is 11.8 Å². The Balaban J connectivity index is 1.99. The van der Waals surface area contributed by atoms with E-state index in [9.17, 15) is 0 Å². The molecule has 1 unspecified atom stereocenters. The zero-order chi connectivity index (χ0) is 11.6. The molecule has 1 fully saturated rings. The van der Waals surface area contributed by atoms with Crippen LogP contribution in [0.15, 0.2) is 29.2 Å². The molecule has 1 aromatic carbocycles. The minimum absolute atomic E-state index is 0.379. The molecule has 16 heavy (non-hydrogen) atoms. The summed E-state index contributed by atoms with van der Waals surface area (Å²) in [6.07, 6.45) is 2.17. The first-order valence-electron chi connectivity index (χ1n) is 5.22. The Labute approximate surface area is 105 Å². The zero-order valence-electron chi connectivity index (χ0n) is 8.82. The molecule has 2 rings (SSSR count). The van der Waals surface area contributed by atoms with Gasteiger partial charge in [0.05, 0.1) is 6.07 Å². The smallest absolute Gasteiger partial charge is 0.116 e. The van der Waals surface area contributed by atoms with Crippen molar-refractivity contribution in [2.75, 3.05) is 5.75 Å². The van der Waals surface area contributed by atoms with Crippen LogP contribution in [0.2, 0.25) is 5.02 Å². The van der Waals surface area contributed by atoms with Gasteiger partial charge in [-0.3, -0.25) is 0 Å². The van der Waals surface area contributed by atoms with Crippen LogP contribution < -0.4 is 5.73 Å². The second-order valence-electron chi connectivity index (χ2n) is 4.17. The minimum Gasteiger partial charge on any atom is -0.312 e. The first-order chi connectivity index (χ1) is 7.64. The number of benzene rings is 1. The first-order valence-corrected chi connectivity index (χ1v) is 6.59. The van der Waals surface area contributed by atoms with Gasteiger partial charge < -0.3 is 5.73 Å². The summed E-state index contributed by atoms with van der Waals surface area (Å²) in [6, 6.07) is 9.89. The summed E-state index contributed by atoms with van der Waals surface area (Å²) < 4.78 is 0. The molecule has 0 aromatic heterocycles. The SMILES string of the molecule is N#CC(N)(CSc1cccc(Cl)c1)C1CC1. The van der Waals surface area contributed by atoms with Crippen molar-refractivity contribution >= 4 is 23.4 Å². The van der Waals surface area contributed by atoms with Gasteiger partial charge in [0.25, 0.3) is 0 Å². The molecular formula is C12H13ClN2S. The summed E-state index contributed by atoms with van der Waals surface area (Å²) in [6.45, 7) is 0.